The Morgan fingerprint density at radius 1 is 1.29 bits per heavy atom. The summed E-state index contributed by atoms with van der Waals surface area (Å²) < 4.78 is 5.37. The fourth-order valence-electron chi connectivity index (χ4n) is 2.95. The molecule has 0 spiro atoms. The molecule has 1 saturated carbocycles. The van der Waals surface area contributed by atoms with Crippen LogP contribution in [0.2, 0.25) is 0 Å². The van der Waals surface area contributed by atoms with Crippen LogP contribution < -0.4 is 11.1 Å². The lowest BCUT2D eigenvalue weighted by atomic mass is 9.96. The van der Waals surface area contributed by atoms with E-state index in [9.17, 15) is 0 Å². The maximum Gasteiger partial charge on any atom is 0.231 e. The van der Waals surface area contributed by atoms with Crippen molar-refractivity contribution in [1.82, 2.24) is 15.5 Å². The molecule has 0 bridgehead atoms. The van der Waals surface area contributed by atoms with Crippen molar-refractivity contribution in [1.29, 1.82) is 0 Å². The van der Waals surface area contributed by atoms with E-state index in [1.54, 1.807) is 0 Å². The molecule has 0 aliphatic heterocycles. The molecule has 24 heavy (non-hydrogen) atoms. The molecule has 0 amide bonds. The SMILES string of the molecule is CC(CN=C(N)NC1CCCCC1)c1nc(-c2ccccc2)no1. The van der Waals surface area contributed by atoms with Gasteiger partial charge in [0.05, 0.1) is 12.5 Å². The molecule has 2 aromatic rings. The van der Waals surface area contributed by atoms with Gasteiger partial charge >= 0.3 is 0 Å². The summed E-state index contributed by atoms with van der Waals surface area (Å²) in [6.07, 6.45) is 6.22. The van der Waals surface area contributed by atoms with Crippen LogP contribution >= 0.6 is 0 Å². The molecule has 6 heteroatoms. The molecule has 1 aliphatic carbocycles. The molecule has 1 atom stereocenters. The van der Waals surface area contributed by atoms with Gasteiger partial charge in [-0.2, -0.15) is 4.98 Å². The number of hydrogen-bond acceptors (Lipinski definition) is 4. The van der Waals surface area contributed by atoms with Crippen molar-refractivity contribution in [2.45, 2.75) is 51.0 Å². The summed E-state index contributed by atoms with van der Waals surface area (Å²) in [6.45, 7) is 2.54. The van der Waals surface area contributed by atoms with Crippen LogP contribution in [0.25, 0.3) is 11.4 Å². The Kier molecular flexibility index (Phi) is 5.46. The Morgan fingerprint density at radius 2 is 2.04 bits per heavy atom. The van der Waals surface area contributed by atoms with Crippen LogP contribution in [0.5, 0.6) is 0 Å². The second-order valence-corrected chi connectivity index (χ2v) is 6.43. The lowest BCUT2D eigenvalue weighted by molar-refractivity contribution is 0.361. The second-order valence-electron chi connectivity index (χ2n) is 6.43. The molecule has 128 valence electrons. The zero-order chi connectivity index (χ0) is 16.8. The predicted octanol–water partition coefficient (Wildman–Crippen LogP) is 3.08. The van der Waals surface area contributed by atoms with Crippen molar-refractivity contribution < 1.29 is 4.52 Å². The molecule has 0 saturated heterocycles. The highest BCUT2D eigenvalue weighted by molar-refractivity contribution is 5.78. The fraction of sp³-hybridized carbons (Fsp3) is 0.500. The molecule has 3 N–H and O–H groups in total. The first-order valence-electron chi connectivity index (χ1n) is 8.68. The van der Waals surface area contributed by atoms with Gasteiger partial charge in [0.2, 0.25) is 11.7 Å². The highest BCUT2D eigenvalue weighted by Gasteiger charge is 2.16. The van der Waals surface area contributed by atoms with Crippen molar-refractivity contribution in [3.63, 3.8) is 0 Å². The van der Waals surface area contributed by atoms with E-state index < -0.39 is 0 Å². The third-order valence-corrected chi connectivity index (χ3v) is 4.39. The van der Waals surface area contributed by atoms with E-state index in [-0.39, 0.29) is 5.92 Å². The Hall–Kier alpha value is -2.37. The van der Waals surface area contributed by atoms with E-state index in [0.717, 1.165) is 5.56 Å². The van der Waals surface area contributed by atoms with Gasteiger partial charge in [-0.15, -0.1) is 0 Å². The highest BCUT2D eigenvalue weighted by atomic mass is 16.5. The summed E-state index contributed by atoms with van der Waals surface area (Å²) in [7, 11) is 0. The summed E-state index contributed by atoms with van der Waals surface area (Å²) in [5.41, 5.74) is 6.95. The van der Waals surface area contributed by atoms with E-state index in [1.807, 2.05) is 37.3 Å². The minimum absolute atomic E-state index is 0.0293. The van der Waals surface area contributed by atoms with Gasteiger partial charge in [-0.3, -0.25) is 4.99 Å². The predicted molar refractivity (Wildman–Crippen MR) is 94.6 cm³/mol. The van der Waals surface area contributed by atoms with Crippen LogP contribution in [-0.2, 0) is 0 Å². The van der Waals surface area contributed by atoms with Crippen LogP contribution in [0.1, 0.15) is 50.8 Å². The number of nitrogens with one attached hydrogen (secondary N) is 1. The molecule has 6 nitrogen and oxygen atoms in total. The lowest BCUT2D eigenvalue weighted by Gasteiger charge is -2.23. The number of benzene rings is 1. The third-order valence-electron chi connectivity index (χ3n) is 4.39. The molecule has 3 rings (SSSR count). The highest BCUT2D eigenvalue weighted by Crippen LogP contribution is 2.20. The summed E-state index contributed by atoms with van der Waals surface area (Å²) in [4.78, 5) is 8.90. The van der Waals surface area contributed by atoms with Crippen molar-refractivity contribution in [3.8, 4) is 11.4 Å². The summed E-state index contributed by atoms with van der Waals surface area (Å²) in [5.74, 6) is 1.73. The van der Waals surface area contributed by atoms with Gasteiger partial charge in [0.25, 0.3) is 0 Å². The van der Waals surface area contributed by atoms with Crippen molar-refractivity contribution in [2.75, 3.05) is 6.54 Å². The van der Waals surface area contributed by atoms with Crippen LogP contribution in [0.3, 0.4) is 0 Å². The Labute approximate surface area is 142 Å². The Bertz CT molecular complexity index is 661. The Morgan fingerprint density at radius 3 is 2.79 bits per heavy atom. The molecule has 1 aromatic carbocycles. The molecule has 1 fully saturated rings. The average Bonchev–Trinajstić information content (AvgIpc) is 3.11. The first-order chi connectivity index (χ1) is 11.7. The second kappa shape index (κ2) is 7.95. The summed E-state index contributed by atoms with van der Waals surface area (Å²) in [5, 5.41) is 7.36. The number of hydrogen-bond donors (Lipinski definition) is 2. The lowest BCUT2D eigenvalue weighted by Crippen LogP contribution is -2.41. The van der Waals surface area contributed by atoms with Crippen molar-refractivity contribution >= 4 is 5.96 Å². The van der Waals surface area contributed by atoms with Gasteiger partial charge in [-0.25, -0.2) is 0 Å². The molecular formula is C18H25N5O. The zero-order valence-electron chi connectivity index (χ0n) is 14.1. The van der Waals surface area contributed by atoms with Gasteiger partial charge in [0, 0.05) is 11.6 Å². The average molecular weight is 327 g/mol. The fourth-order valence-corrected chi connectivity index (χ4v) is 2.95. The topological polar surface area (TPSA) is 89.3 Å². The molecule has 0 radical (unpaired) electrons. The third kappa shape index (κ3) is 4.34. The quantitative estimate of drug-likeness (QED) is 0.650. The first kappa shape index (κ1) is 16.5. The molecular weight excluding hydrogens is 302 g/mol. The zero-order valence-corrected chi connectivity index (χ0v) is 14.1. The Balaban J connectivity index is 1.55. The van der Waals surface area contributed by atoms with Gasteiger partial charge in [-0.05, 0) is 12.8 Å². The van der Waals surface area contributed by atoms with E-state index in [2.05, 4.69) is 20.4 Å². The molecule has 1 unspecified atom stereocenters. The minimum atomic E-state index is 0.0293. The van der Waals surface area contributed by atoms with Crippen LogP contribution in [-0.4, -0.2) is 28.7 Å². The standard InChI is InChI=1S/C18H25N5O/c1-13(12-20-18(19)21-15-10-6-3-7-11-15)17-22-16(23-24-17)14-8-4-2-5-9-14/h2,4-5,8-9,13,15H,3,6-7,10-12H2,1H3,(H3,19,20,21). The van der Waals surface area contributed by atoms with Gasteiger partial charge < -0.3 is 15.6 Å². The maximum atomic E-state index is 6.00. The summed E-state index contributed by atoms with van der Waals surface area (Å²) in [6, 6.07) is 10.3. The van der Waals surface area contributed by atoms with E-state index in [1.165, 1.54) is 32.1 Å². The number of rotatable bonds is 5. The molecule has 1 aromatic heterocycles. The molecule has 1 aliphatic rings. The van der Waals surface area contributed by atoms with Crippen molar-refractivity contribution in [2.24, 2.45) is 10.7 Å². The monoisotopic (exact) mass is 327 g/mol. The van der Waals surface area contributed by atoms with Crippen LogP contribution in [0.4, 0.5) is 0 Å². The van der Waals surface area contributed by atoms with Gasteiger partial charge in [0.1, 0.15) is 0 Å². The summed E-state index contributed by atoms with van der Waals surface area (Å²) >= 11 is 0. The van der Waals surface area contributed by atoms with Gasteiger partial charge in [0.15, 0.2) is 5.96 Å². The van der Waals surface area contributed by atoms with Gasteiger partial charge in [-0.1, -0.05) is 61.7 Å². The normalized spacial score (nSPS) is 17.6. The van der Waals surface area contributed by atoms with Crippen LogP contribution in [0.15, 0.2) is 39.8 Å². The number of aliphatic imine (C=N–C) groups is 1. The first-order valence-corrected chi connectivity index (χ1v) is 8.68. The number of nitrogens with zero attached hydrogens (tertiary/aromatic N) is 3. The number of guanidine groups is 1. The minimum Gasteiger partial charge on any atom is -0.370 e. The van der Waals surface area contributed by atoms with Crippen molar-refractivity contribution in [3.05, 3.63) is 36.2 Å². The largest absolute Gasteiger partial charge is 0.370 e. The maximum absolute atomic E-state index is 6.00. The van der Waals surface area contributed by atoms with E-state index in [0.29, 0.717) is 30.3 Å². The number of nitrogens with two attached hydrogens (primary N) is 1. The molecule has 1 heterocycles. The van der Waals surface area contributed by atoms with E-state index in [4.69, 9.17) is 10.3 Å². The van der Waals surface area contributed by atoms with E-state index >= 15 is 0 Å². The smallest absolute Gasteiger partial charge is 0.231 e. The van der Waals surface area contributed by atoms with Crippen LogP contribution in [0, 0.1) is 0 Å². The number of aromatic nitrogens is 2.